The molecule has 0 aliphatic carbocycles. The predicted octanol–water partition coefficient (Wildman–Crippen LogP) is 2.25. The number of benzene rings is 1. The summed E-state index contributed by atoms with van der Waals surface area (Å²) < 4.78 is 27.0. The van der Waals surface area contributed by atoms with Crippen molar-refractivity contribution in [3.05, 3.63) is 23.8 Å². The molecule has 1 unspecified atom stereocenters. The third-order valence-electron chi connectivity index (χ3n) is 2.92. The second kappa shape index (κ2) is 7.17. The normalized spacial score (nSPS) is 13.4. The highest BCUT2D eigenvalue weighted by molar-refractivity contribution is 7.98. The van der Waals surface area contributed by atoms with Crippen molar-refractivity contribution in [2.75, 3.05) is 17.7 Å². The molecule has 0 heterocycles. The van der Waals surface area contributed by atoms with Gasteiger partial charge in [0, 0.05) is 11.7 Å². The van der Waals surface area contributed by atoms with E-state index in [1.807, 2.05) is 20.1 Å². The smallest absolute Gasteiger partial charge is 0.240 e. The van der Waals surface area contributed by atoms with Gasteiger partial charge in [-0.25, -0.2) is 13.1 Å². The summed E-state index contributed by atoms with van der Waals surface area (Å²) in [5.74, 6) is 0.931. The van der Waals surface area contributed by atoms with Crippen molar-refractivity contribution < 1.29 is 8.42 Å². The van der Waals surface area contributed by atoms with Crippen molar-refractivity contribution in [1.29, 1.82) is 0 Å². The van der Waals surface area contributed by atoms with Gasteiger partial charge in [-0.1, -0.05) is 13.0 Å². The molecule has 0 aliphatic heterocycles. The minimum Gasteiger partial charge on any atom is -0.398 e. The molecule has 0 bridgehead atoms. The highest BCUT2D eigenvalue weighted by Crippen LogP contribution is 2.19. The Bertz CT molecular complexity index is 515. The van der Waals surface area contributed by atoms with Crippen molar-refractivity contribution in [2.45, 2.75) is 37.6 Å². The summed E-state index contributed by atoms with van der Waals surface area (Å²) in [5.41, 5.74) is 7.34. The van der Waals surface area contributed by atoms with Gasteiger partial charge in [0.05, 0.1) is 4.90 Å². The van der Waals surface area contributed by atoms with Gasteiger partial charge in [0.2, 0.25) is 10.0 Å². The van der Waals surface area contributed by atoms with Crippen LogP contribution >= 0.6 is 11.8 Å². The lowest BCUT2D eigenvalue weighted by Gasteiger charge is -2.14. The van der Waals surface area contributed by atoms with E-state index in [-0.39, 0.29) is 10.9 Å². The highest BCUT2D eigenvalue weighted by atomic mass is 32.2. The molecule has 0 amide bonds. The summed E-state index contributed by atoms with van der Waals surface area (Å²) >= 11 is 1.70. The van der Waals surface area contributed by atoms with Crippen LogP contribution in [0, 0.1) is 0 Å². The van der Waals surface area contributed by atoms with E-state index in [2.05, 4.69) is 4.72 Å². The number of thioether (sulfide) groups is 1. The summed E-state index contributed by atoms with van der Waals surface area (Å²) in [4.78, 5) is 0.234. The van der Waals surface area contributed by atoms with Gasteiger partial charge in [-0.2, -0.15) is 11.8 Å². The van der Waals surface area contributed by atoms with Gasteiger partial charge < -0.3 is 5.73 Å². The number of nitrogen functional groups attached to an aromatic ring is 1. The summed E-state index contributed by atoms with van der Waals surface area (Å²) in [5, 5.41) is 0. The molecule has 0 radical (unpaired) electrons. The lowest BCUT2D eigenvalue weighted by molar-refractivity contribution is 0.557. The van der Waals surface area contributed by atoms with Crippen molar-refractivity contribution >= 4 is 27.5 Å². The summed E-state index contributed by atoms with van der Waals surface area (Å²) in [7, 11) is -3.48. The van der Waals surface area contributed by atoms with Crippen LogP contribution in [0.25, 0.3) is 0 Å². The SMILES string of the molecule is CCc1ccc(S(=O)(=O)NC(C)CCSC)cc1N. The van der Waals surface area contributed by atoms with E-state index in [1.165, 1.54) is 6.07 Å². The van der Waals surface area contributed by atoms with E-state index in [9.17, 15) is 8.42 Å². The first-order valence-electron chi connectivity index (χ1n) is 6.30. The molecule has 0 saturated carbocycles. The molecule has 0 aliphatic rings. The van der Waals surface area contributed by atoms with Crippen LogP contribution in [0.2, 0.25) is 0 Å². The lowest BCUT2D eigenvalue weighted by Crippen LogP contribution is -2.33. The van der Waals surface area contributed by atoms with E-state index in [4.69, 9.17) is 5.73 Å². The van der Waals surface area contributed by atoms with Gasteiger partial charge in [-0.15, -0.1) is 0 Å². The zero-order chi connectivity index (χ0) is 14.5. The Morgan fingerprint density at radius 2 is 2.11 bits per heavy atom. The van der Waals surface area contributed by atoms with Crippen molar-refractivity contribution in [1.82, 2.24) is 4.72 Å². The fraction of sp³-hybridized carbons (Fsp3) is 0.538. The number of hydrogen-bond donors (Lipinski definition) is 2. The average Bonchev–Trinajstić information content (AvgIpc) is 2.35. The Balaban J connectivity index is 2.85. The number of anilines is 1. The molecule has 108 valence electrons. The second-order valence-electron chi connectivity index (χ2n) is 4.52. The maximum Gasteiger partial charge on any atom is 0.240 e. The van der Waals surface area contributed by atoms with E-state index < -0.39 is 10.0 Å². The molecule has 0 fully saturated rings. The predicted molar refractivity (Wildman–Crippen MR) is 83.0 cm³/mol. The topological polar surface area (TPSA) is 72.2 Å². The number of nitrogens with one attached hydrogen (secondary N) is 1. The molecule has 19 heavy (non-hydrogen) atoms. The molecule has 0 saturated heterocycles. The Labute approximate surface area is 120 Å². The van der Waals surface area contributed by atoms with Crippen LogP contribution in [0.1, 0.15) is 25.8 Å². The van der Waals surface area contributed by atoms with Gasteiger partial charge in [0.25, 0.3) is 0 Å². The summed E-state index contributed by atoms with van der Waals surface area (Å²) in [6, 6.07) is 4.84. The van der Waals surface area contributed by atoms with E-state index in [1.54, 1.807) is 23.9 Å². The quantitative estimate of drug-likeness (QED) is 0.758. The molecule has 1 rings (SSSR count). The van der Waals surface area contributed by atoms with Gasteiger partial charge >= 0.3 is 0 Å². The zero-order valence-corrected chi connectivity index (χ0v) is 13.3. The van der Waals surface area contributed by atoms with Gasteiger partial charge in [-0.3, -0.25) is 0 Å². The Hall–Kier alpha value is -0.720. The van der Waals surface area contributed by atoms with Crippen LogP contribution in [0.4, 0.5) is 5.69 Å². The zero-order valence-electron chi connectivity index (χ0n) is 11.6. The molecule has 4 nitrogen and oxygen atoms in total. The molecule has 6 heteroatoms. The average molecular weight is 302 g/mol. The number of hydrogen-bond acceptors (Lipinski definition) is 4. The fourth-order valence-corrected chi connectivity index (χ4v) is 3.65. The van der Waals surface area contributed by atoms with Crippen molar-refractivity contribution in [3.8, 4) is 0 Å². The molecule has 1 atom stereocenters. The maximum absolute atomic E-state index is 12.2. The third-order valence-corrected chi connectivity index (χ3v) is 5.15. The molecule has 1 aromatic rings. The standard InChI is InChI=1S/C13H22N2O2S2/c1-4-11-5-6-12(9-13(11)14)19(16,17)15-10(2)7-8-18-3/h5-6,9-10,15H,4,7-8,14H2,1-3H3. The van der Waals surface area contributed by atoms with Crippen LogP contribution in [-0.2, 0) is 16.4 Å². The van der Waals surface area contributed by atoms with Crippen LogP contribution in [0.5, 0.6) is 0 Å². The minimum absolute atomic E-state index is 0.0791. The van der Waals surface area contributed by atoms with E-state index in [0.717, 1.165) is 24.2 Å². The molecule has 0 spiro atoms. The summed E-state index contributed by atoms with van der Waals surface area (Å²) in [6.07, 6.45) is 3.61. The first-order valence-corrected chi connectivity index (χ1v) is 9.18. The molecule has 1 aromatic carbocycles. The lowest BCUT2D eigenvalue weighted by atomic mass is 10.1. The van der Waals surface area contributed by atoms with Gasteiger partial charge in [-0.05, 0) is 49.5 Å². The minimum atomic E-state index is -3.48. The van der Waals surface area contributed by atoms with Crippen LogP contribution < -0.4 is 10.5 Å². The van der Waals surface area contributed by atoms with Crippen molar-refractivity contribution in [3.63, 3.8) is 0 Å². The Kier molecular flexibility index (Phi) is 6.16. The fourth-order valence-electron chi connectivity index (χ4n) is 1.75. The number of sulfonamides is 1. The number of rotatable bonds is 7. The van der Waals surface area contributed by atoms with Gasteiger partial charge in [0.1, 0.15) is 0 Å². The monoisotopic (exact) mass is 302 g/mol. The first-order chi connectivity index (χ1) is 8.90. The van der Waals surface area contributed by atoms with E-state index >= 15 is 0 Å². The highest BCUT2D eigenvalue weighted by Gasteiger charge is 2.17. The van der Waals surface area contributed by atoms with Crippen molar-refractivity contribution in [2.24, 2.45) is 0 Å². The Morgan fingerprint density at radius 3 is 2.63 bits per heavy atom. The molecule has 0 aromatic heterocycles. The second-order valence-corrected chi connectivity index (χ2v) is 7.22. The number of aryl methyl sites for hydroxylation is 1. The molecule has 3 N–H and O–H groups in total. The summed E-state index contributed by atoms with van der Waals surface area (Å²) in [6.45, 7) is 3.86. The van der Waals surface area contributed by atoms with Crippen LogP contribution in [-0.4, -0.2) is 26.5 Å². The molecular formula is C13H22N2O2S2. The Morgan fingerprint density at radius 1 is 1.42 bits per heavy atom. The van der Waals surface area contributed by atoms with Crippen LogP contribution in [0.3, 0.4) is 0 Å². The first kappa shape index (κ1) is 16.3. The largest absolute Gasteiger partial charge is 0.398 e. The molecular weight excluding hydrogens is 280 g/mol. The third kappa shape index (κ3) is 4.71. The maximum atomic E-state index is 12.2. The van der Waals surface area contributed by atoms with Crippen LogP contribution in [0.15, 0.2) is 23.1 Å². The number of nitrogens with two attached hydrogens (primary N) is 1. The van der Waals surface area contributed by atoms with Gasteiger partial charge in [0.15, 0.2) is 0 Å². The van der Waals surface area contributed by atoms with E-state index in [0.29, 0.717) is 5.69 Å².